The number of rotatable bonds is 4. The van der Waals surface area contributed by atoms with E-state index in [2.05, 4.69) is 14.9 Å². The van der Waals surface area contributed by atoms with Crippen LogP contribution in [-0.4, -0.2) is 70.3 Å². The molecule has 3 rings (SSSR count). The predicted molar refractivity (Wildman–Crippen MR) is 90.5 cm³/mol. The summed E-state index contributed by atoms with van der Waals surface area (Å²) < 4.78 is 0. The molecule has 0 aromatic carbocycles. The molecule has 2 aliphatic rings. The number of amides is 2. The molecule has 130 valence electrons. The Kier molecular flexibility index (Phi) is 5.27. The Labute approximate surface area is 142 Å². The number of anilines is 1. The lowest BCUT2D eigenvalue weighted by atomic mass is 10.2. The van der Waals surface area contributed by atoms with Crippen molar-refractivity contribution in [2.75, 3.05) is 37.6 Å². The molecule has 0 spiro atoms. The lowest BCUT2D eigenvalue weighted by molar-refractivity contribution is -0.141. The molecular formula is C17H25N5O2. The van der Waals surface area contributed by atoms with Gasteiger partial charge in [0.2, 0.25) is 17.8 Å². The maximum absolute atomic E-state index is 12.6. The molecule has 0 atom stereocenters. The van der Waals surface area contributed by atoms with Crippen LogP contribution in [0.4, 0.5) is 5.95 Å². The van der Waals surface area contributed by atoms with Crippen molar-refractivity contribution in [2.45, 2.75) is 38.6 Å². The van der Waals surface area contributed by atoms with Gasteiger partial charge in [0.25, 0.3) is 0 Å². The van der Waals surface area contributed by atoms with E-state index in [1.165, 1.54) is 0 Å². The van der Waals surface area contributed by atoms with E-state index < -0.39 is 0 Å². The third-order valence-electron chi connectivity index (χ3n) is 4.94. The maximum atomic E-state index is 12.6. The highest BCUT2D eigenvalue weighted by Gasteiger charge is 2.29. The van der Waals surface area contributed by atoms with Gasteiger partial charge in [-0.3, -0.25) is 9.59 Å². The summed E-state index contributed by atoms with van der Waals surface area (Å²) in [5.41, 5.74) is 0. The van der Waals surface area contributed by atoms with Gasteiger partial charge < -0.3 is 14.7 Å². The van der Waals surface area contributed by atoms with Gasteiger partial charge in [0.05, 0.1) is 6.54 Å². The van der Waals surface area contributed by atoms with Crippen molar-refractivity contribution in [3.63, 3.8) is 0 Å². The Morgan fingerprint density at radius 1 is 1.12 bits per heavy atom. The highest BCUT2D eigenvalue weighted by atomic mass is 16.2. The summed E-state index contributed by atoms with van der Waals surface area (Å²) in [5, 5.41) is 0. The van der Waals surface area contributed by atoms with Crippen molar-refractivity contribution in [1.29, 1.82) is 0 Å². The Hall–Kier alpha value is -2.18. The fraction of sp³-hybridized carbons (Fsp3) is 0.647. The average molecular weight is 331 g/mol. The van der Waals surface area contributed by atoms with E-state index in [4.69, 9.17) is 0 Å². The number of piperazine rings is 1. The molecule has 0 bridgehead atoms. The third-order valence-corrected chi connectivity index (χ3v) is 4.94. The smallest absolute Gasteiger partial charge is 0.242 e. The Morgan fingerprint density at radius 2 is 1.75 bits per heavy atom. The summed E-state index contributed by atoms with van der Waals surface area (Å²) in [6, 6.07) is 2.04. The molecule has 0 radical (unpaired) electrons. The molecule has 24 heavy (non-hydrogen) atoms. The average Bonchev–Trinajstić information content (AvgIpc) is 3.14. The van der Waals surface area contributed by atoms with Crippen LogP contribution >= 0.6 is 0 Å². The van der Waals surface area contributed by atoms with Crippen LogP contribution in [0.3, 0.4) is 0 Å². The fourth-order valence-corrected chi connectivity index (χ4v) is 3.57. The SMILES string of the molecule is CC(=O)N(CC(=O)N1CCN(c2ncccn2)CC1)C1CCCC1. The van der Waals surface area contributed by atoms with E-state index in [1.54, 1.807) is 30.3 Å². The van der Waals surface area contributed by atoms with Gasteiger partial charge in [-0.25, -0.2) is 9.97 Å². The first-order chi connectivity index (χ1) is 11.6. The first-order valence-electron chi connectivity index (χ1n) is 8.72. The molecule has 1 aromatic rings. The predicted octanol–water partition coefficient (Wildman–Crippen LogP) is 0.916. The van der Waals surface area contributed by atoms with Crippen LogP contribution in [0.1, 0.15) is 32.6 Å². The number of hydrogen-bond acceptors (Lipinski definition) is 5. The van der Waals surface area contributed by atoms with Crippen LogP contribution in [0.25, 0.3) is 0 Å². The van der Waals surface area contributed by atoms with Crippen molar-refractivity contribution >= 4 is 17.8 Å². The van der Waals surface area contributed by atoms with Gasteiger partial charge in [-0.2, -0.15) is 0 Å². The zero-order valence-corrected chi connectivity index (χ0v) is 14.2. The third kappa shape index (κ3) is 3.83. The first-order valence-corrected chi connectivity index (χ1v) is 8.72. The minimum Gasteiger partial charge on any atom is -0.338 e. The van der Waals surface area contributed by atoms with Gasteiger partial charge in [0, 0.05) is 51.5 Å². The summed E-state index contributed by atoms with van der Waals surface area (Å²) in [6.07, 6.45) is 7.80. The quantitative estimate of drug-likeness (QED) is 0.820. The molecule has 1 saturated carbocycles. The van der Waals surface area contributed by atoms with E-state index in [9.17, 15) is 9.59 Å². The second-order valence-corrected chi connectivity index (χ2v) is 6.50. The first kappa shape index (κ1) is 16.7. The highest BCUT2D eigenvalue weighted by Crippen LogP contribution is 2.23. The zero-order chi connectivity index (χ0) is 16.9. The summed E-state index contributed by atoms with van der Waals surface area (Å²) in [4.78, 5) is 38.7. The van der Waals surface area contributed by atoms with Crippen molar-refractivity contribution in [2.24, 2.45) is 0 Å². The van der Waals surface area contributed by atoms with Crippen LogP contribution in [0.5, 0.6) is 0 Å². The van der Waals surface area contributed by atoms with E-state index >= 15 is 0 Å². The summed E-state index contributed by atoms with van der Waals surface area (Å²) >= 11 is 0. The second-order valence-electron chi connectivity index (χ2n) is 6.50. The molecule has 2 amide bonds. The monoisotopic (exact) mass is 331 g/mol. The molecule has 1 aromatic heterocycles. The van der Waals surface area contributed by atoms with Crippen LogP contribution < -0.4 is 4.90 Å². The lowest BCUT2D eigenvalue weighted by Gasteiger charge is -2.36. The molecule has 1 aliphatic heterocycles. The van der Waals surface area contributed by atoms with Crippen LogP contribution in [-0.2, 0) is 9.59 Å². The van der Waals surface area contributed by atoms with Crippen molar-refractivity contribution in [3.05, 3.63) is 18.5 Å². The van der Waals surface area contributed by atoms with E-state index in [0.29, 0.717) is 19.0 Å². The molecule has 2 fully saturated rings. The van der Waals surface area contributed by atoms with Gasteiger partial charge in [-0.15, -0.1) is 0 Å². The second kappa shape index (κ2) is 7.59. The van der Waals surface area contributed by atoms with Gasteiger partial charge in [0.15, 0.2) is 0 Å². The molecule has 0 unspecified atom stereocenters. The van der Waals surface area contributed by atoms with Crippen molar-refractivity contribution < 1.29 is 9.59 Å². The molecule has 1 saturated heterocycles. The number of nitrogens with zero attached hydrogens (tertiary/aromatic N) is 5. The minimum atomic E-state index is 0.00608. The summed E-state index contributed by atoms with van der Waals surface area (Å²) in [6.45, 7) is 4.51. The Balaban J connectivity index is 1.53. The van der Waals surface area contributed by atoms with E-state index in [-0.39, 0.29) is 24.4 Å². The largest absolute Gasteiger partial charge is 0.338 e. The maximum Gasteiger partial charge on any atom is 0.242 e. The molecule has 7 heteroatoms. The van der Waals surface area contributed by atoms with Gasteiger partial charge >= 0.3 is 0 Å². The number of carbonyl (C=O) groups excluding carboxylic acids is 2. The normalized spacial score (nSPS) is 18.7. The zero-order valence-electron chi connectivity index (χ0n) is 14.2. The van der Waals surface area contributed by atoms with Crippen molar-refractivity contribution in [1.82, 2.24) is 19.8 Å². The van der Waals surface area contributed by atoms with Crippen molar-refractivity contribution in [3.8, 4) is 0 Å². The lowest BCUT2D eigenvalue weighted by Crippen LogP contribution is -2.53. The summed E-state index contributed by atoms with van der Waals surface area (Å²) in [5.74, 6) is 0.762. The van der Waals surface area contributed by atoms with Gasteiger partial charge in [0.1, 0.15) is 0 Å². The molecule has 7 nitrogen and oxygen atoms in total. The highest BCUT2D eigenvalue weighted by molar-refractivity contribution is 5.84. The van der Waals surface area contributed by atoms with E-state index in [0.717, 1.165) is 38.8 Å². The van der Waals surface area contributed by atoms with Gasteiger partial charge in [-0.05, 0) is 18.9 Å². The van der Waals surface area contributed by atoms with Crippen LogP contribution in [0.2, 0.25) is 0 Å². The number of aromatic nitrogens is 2. The molecule has 2 heterocycles. The van der Waals surface area contributed by atoms with E-state index in [1.807, 2.05) is 4.90 Å². The van der Waals surface area contributed by atoms with Crippen LogP contribution in [0, 0.1) is 0 Å². The number of carbonyl (C=O) groups is 2. The Bertz CT molecular complexity index is 566. The van der Waals surface area contributed by atoms with Gasteiger partial charge in [-0.1, -0.05) is 12.8 Å². The molecular weight excluding hydrogens is 306 g/mol. The molecule has 1 aliphatic carbocycles. The van der Waals surface area contributed by atoms with Crippen LogP contribution in [0.15, 0.2) is 18.5 Å². The topological polar surface area (TPSA) is 69.6 Å². The minimum absolute atomic E-state index is 0.00608. The summed E-state index contributed by atoms with van der Waals surface area (Å²) in [7, 11) is 0. The fourth-order valence-electron chi connectivity index (χ4n) is 3.57. The standard InChI is InChI=1S/C17H25N5O2/c1-14(23)22(15-5-2-3-6-15)13-16(24)20-9-11-21(12-10-20)17-18-7-4-8-19-17/h4,7-8,15H,2-3,5-6,9-13H2,1H3. The molecule has 0 N–H and O–H groups in total. The number of hydrogen-bond donors (Lipinski definition) is 0. The Morgan fingerprint density at radius 3 is 2.33 bits per heavy atom.